The quantitative estimate of drug-likeness (QED) is 0.132. The topological polar surface area (TPSA) is 61.2 Å². The number of aromatic nitrogens is 3. The third-order valence-corrected chi connectivity index (χ3v) is 15.7. The number of nitrogens with zero attached hydrogens (tertiary/aromatic N) is 3. The summed E-state index contributed by atoms with van der Waals surface area (Å²) in [6, 6.07) is 13.4. The number of benzene rings is 1. The summed E-state index contributed by atoms with van der Waals surface area (Å²) >= 11 is 0. The summed E-state index contributed by atoms with van der Waals surface area (Å²) in [5.74, 6) is 2.17. The molecule has 0 bridgehead atoms. The largest absolute Gasteiger partial charge is 0.416 e. The molecule has 0 fully saturated rings. The molecule has 0 amide bonds. The summed E-state index contributed by atoms with van der Waals surface area (Å²) in [5, 5.41) is 3.49. The Hall–Kier alpha value is -2.34. The number of hydrogen-bond acceptors (Lipinski definition) is 5. The minimum Gasteiger partial charge on any atom is -0.416 e. The van der Waals surface area contributed by atoms with Gasteiger partial charge in [0.15, 0.2) is 8.32 Å². The van der Waals surface area contributed by atoms with Crippen LogP contribution in [-0.4, -0.2) is 44.1 Å². The minimum atomic E-state index is -1.94. The van der Waals surface area contributed by atoms with Crippen LogP contribution in [0.1, 0.15) is 53.8 Å². The number of ether oxygens (including phenoxy) is 1. The molecule has 0 atom stereocenters. The van der Waals surface area contributed by atoms with Crippen LogP contribution in [0.4, 0.5) is 16.0 Å². The van der Waals surface area contributed by atoms with E-state index in [4.69, 9.17) is 14.1 Å². The molecule has 41 heavy (non-hydrogen) atoms. The lowest BCUT2D eigenvalue weighted by Crippen LogP contribution is -2.48. The molecule has 0 saturated heterocycles. The van der Waals surface area contributed by atoms with Crippen LogP contribution >= 0.6 is 0 Å². The number of pyridine rings is 1. The smallest absolute Gasteiger partial charge is 0.200 e. The summed E-state index contributed by atoms with van der Waals surface area (Å²) < 4.78 is 29.1. The molecule has 1 aromatic carbocycles. The van der Waals surface area contributed by atoms with Gasteiger partial charge in [-0.1, -0.05) is 67.2 Å². The highest BCUT2D eigenvalue weighted by molar-refractivity contribution is 6.77. The molecule has 0 unspecified atom stereocenters. The van der Waals surface area contributed by atoms with Crippen LogP contribution in [0.5, 0.6) is 0 Å². The Morgan fingerprint density at radius 2 is 1.56 bits per heavy atom. The van der Waals surface area contributed by atoms with Crippen LogP contribution in [0.3, 0.4) is 0 Å². The van der Waals surface area contributed by atoms with Crippen molar-refractivity contribution in [3.63, 3.8) is 0 Å². The number of imidazole rings is 1. The van der Waals surface area contributed by atoms with Crippen molar-refractivity contribution >= 4 is 28.0 Å². The van der Waals surface area contributed by atoms with Crippen LogP contribution in [0, 0.1) is 5.82 Å². The van der Waals surface area contributed by atoms with E-state index >= 15 is 0 Å². The fourth-order valence-corrected chi connectivity index (χ4v) is 12.1. The average Bonchev–Trinajstić information content (AvgIpc) is 3.23. The Kier molecular flexibility index (Phi) is 11.9. The highest BCUT2D eigenvalue weighted by Gasteiger charge is 2.44. The van der Waals surface area contributed by atoms with Crippen LogP contribution in [0.2, 0.25) is 42.3 Å². The van der Waals surface area contributed by atoms with Gasteiger partial charge >= 0.3 is 0 Å². The molecular weight excluding hydrogens is 548 g/mol. The molecule has 2 heterocycles. The molecule has 3 aromatic rings. The normalized spacial score (nSPS) is 12.6. The second kappa shape index (κ2) is 14.7. The molecular formula is C32H51FN4O2Si2. The van der Waals surface area contributed by atoms with Crippen molar-refractivity contribution in [2.24, 2.45) is 0 Å². The first kappa shape index (κ1) is 33.2. The van der Waals surface area contributed by atoms with Crippen molar-refractivity contribution < 1.29 is 13.6 Å². The van der Waals surface area contributed by atoms with Gasteiger partial charge in [-0.05, 0) is 65.5 Å². The summed E-state index contributed by atoms with van der Waals surface area (Å²) in [6.45, 7) is 22.8. The Morgan fingerprint density at radius 3 is 2.12 bits per heavy atom. The maximum absolute atomic E-state index is 13.8. The van der Waals surface area contributed by atoms with Gasteiger partial charge in [0.2, 0.25) is 0 Å². The molecule has 0 radical (unpaired) electrons. The van der Waals surface area contributed by atoms with E-state index in [2.05, 4.69) is 76.1 Å². The molecule has 6 nitrogen and oxygen atoms in total. The number of aryl methyl sites for hydroxylation is 1. The highest BCUT2D eigenvalue weighted by atomic mass is 28.4. The van der Waals surface area contributed by atoms with Crippen molar-refractivity contribution in [1.82, 2.24) is 14.5 Å². The number of rotatable bonds is 16. The van der Waals surface area contributed by atoms with Gasteiger partial charge in [-0.3, -0.25) is 4.57 Å². The summed E-state index contributed by atoms with van der Waals surface area (Å²) in [4.78, 5) is 9.60. The van der Waals surface area contributed by atoms with Gasteiger partial charge in [-0.2, -0.15) is 0 Å². The zero-order valence-electron chi connectivity index (χ0n) is 26.6. The third kappa shape index (κ3) is 8.83. The van der Waals surface area contributed by atoms with Crippen molar-refractivity contribution in [2.75, 3.05) is 18.5 Å². The molecule has 0 spiro atoms. The van der Waals surface area contributed by atoms with Crippen LogP contribution in [0.25, 0.3) is 11.3 Å². The van der Waals surface area contributed by atoms with Gasteiger partial charge in [0.25, 0.3) is 0 Å². The molecule has 0 aliphatic rings. The lowest BCUT2D eigenvalue weighted by atomic mass is 10.1. The first-order valence-corrected chi connectivity index (χ1v) is 20.9. The monoisotopic (exact) mass is 598 g/mol. The predicted molar refractivity (Wildman–Crippen MR) is 175 cm³/mol. The van der Waals surface area contributed by atoms with Crippen LogP contribution in [-0.2, 0) is 22.3 Å². The predicted octanol–water partition coefficient (Wildman–Crippen LogP) is 9.26. The minimum absolute atomic E-state index is 0.271. The number of halogens is 1. The van der Waals surface area contributed by atoms with Gasteiger partial charge < -0.3 is 14.5 Å². The second-order valence-corrected chi connectivity index (χ2v) is 24.2. The van der Waals surface area contributed by atoms with Gasteiger partial charge in [-0.25, -0.2) is 14.4 Å². The average molecular weight is 599 g/mol. The van der Waals surface area contributed by atoms with Gasteiger partial charge in [0, 0.05) is 39.5 Å². The Labute approximate surface area is 249 Å². The zero-order valence-corrected chi connectivity index (χ0v) is 28.6. The van der Waals surface area contributed by atoms with Crippen LogP contribution < -0.4 is 5.32 Å². The standard InChI is InChI=1S/C32H51FN4O2Si2/c1-24(2)41(25(3)4,26(5)6)39-20-12-14-30-36-31(27-15-17-28(33)18-16-27)32(35-29-13-10-11-19-34-29)37(30)23-38-21-22-40(7,8)9/h10-11,13,15-19,24-26H,12,14,20-23H2,1-9H3,(H,34,35). The fraction of sp³-hybridized carbons (Fsp3) is 0.562. The van der Waals surface area contributed by atoms with Crippen molar-refractivity contribution in [2.45, 2.75) is 103 Å². The molecule has 2 aromatic heterocycles. The maximum atomic E-state index is 13.8. The van der Waals surface area contributed by atoms with E-state index in [0.29, 0.717) is 36.6 Å². The SMILES string of the molecule is CC(C)[Si](OCCCc1nc(-c2ccc(F)cc2)c(Nc2ccccn2)n1COCC[Si](C)(C)C)(C(C)C)C(C)C. The molecule has 9 heteroatoms. The van der Waals surface area contributed by atoms with E-state index in [-0.39, 0.29) is 5.82 Å². The molecule has 0 aliphatic heterocycles. The number of hydrogen-bond donors (Lipinski definition) is 1. The molecule has 3 rings (SSSR count). The summed E-state index contributed by atoms with van der Waals surface area (Å²) in [7, 11) is -3.17. The van der Waals surface area contributed by atoms with E-state index in [1.807, 2.05) is 18.2 Å². The van der Waals surface area contributed by atoms with E-state index in [1.54, 1.807) is 18.3 Å². The van der Waals surface area contributed by atoms with E-state index in [0.717, 1.165) is 47.6 Å². The Balaban J connectivity index is 1.93. The van der Waals surface area contributed by atoms with Crippen molar-refractivity contribution in [3.05, 3.63) is 60.3 Å². The van der Waals surface area contributed by atoms with E-state index in [9.17, 15) is 4.39 Å². The molecule has 226 valence electrons. The first-order chi connectivity index (χ1) is 19.3. The Bertz CT molecular complexity index is 1190. The first-order valence-electron chi connectivity index (χ1n) is 15.1. The second-order valence-electron chi connectivity index (χ2n) is 13.1. The lowest BCUT2D eigenvalue weighted by Gasteiger charge is -2.42. The summed E-state index contributed by atoms with van der Waals surface area (Å²) in [6.07, 6.45) is 3.37. The van der Waals surface area contributed by atoms with E-state index < -0.39 is 16.4 Å². The number of nitrogens with one attached hydrogen (secondary N) is 1. The zero-order chi connectivity index (χ0) is 30.2. The maximum Gasteiger partial charge on any atom is 0.200 e. The fourth-order valence-electron chi connectivity index (χ4n) is 5.84. The van der Waals surface area contributed by atoms with Crippen molar-refractivity contribution in [1.29, 1.82) is 0 Å². The van der Waals surface area contributed by atoms with Gasteiger partial charge in [0.05, 0.1) is 0 Å². The molecule has 1 N–H and O–H groups in total. The highest BCUT2D eigenvalue weighted by Crippen LogP contribution is 2.42. The summed E-state index contributed by atoms with van der Waals surface area (Å²) in [5.41, 5.74) is 3.24. The third-order valence-electron chi connectivity index (χ3n) is 7.90. The van der Waals surface area contributed by atoms with Gasteiger partial charge in [-0.15, -0.1) is 0 Å². The van der Waals surface area contributed by atoms with E-state index in [1.165, 1.54) is 12.1 Å². The Morgan fingerprint density at radius 1 is 0.902 bits per heavy atom. The molecule has 0 aliphatic carbocycles. The number of anilines is 2. The van der Waals surface area contributed by atoms with Crippen molar-refractivity contribution in [3.8, 4) is 11.3 Å². The molecule has 0 saturated carbocycles. The van der Waals surface area contributed by atoms with Crippen LogP contribution in [0.15, 0.2) is 48.7 Å². The lowest BCUT2D eigenvalue weighted by molar-refractivity contribution is 0.0863. The van der Waals surface area contributed by atoms with Gasteiger partial charge in [0.1, 0.15) is 35.7 Å².